The van der Waals surface area contributed by atoms with Gasteiger partial charge < -0.3 is 14.3 Å². The Morgan fingerprint density at radius 3 is 3.00 bits per heavy atom. The summed E-state index contributed by atoms with van der Waals surface area (Å²) in [5.74, 6) is 0.999. The maximum absolute atomic E-state index is 12.0. The number of para-hydroxylation sites is 1. The van der Waals surface area contributed by atoms with Crippen molar-refractivity contribution in [3.63, 3.8) is 0 Å². The van der Waals surface area contributed by atoms with Crippen molar-refractivity contribution in [1.82, 2.24) is 20.1 Å². The van der Waals surface area contributed by atoms with E-state index >= 15 is 0 Å². The highest BCUT2D eigenvalue weighted by Gasteiger charge is 2.10. The summed E-state index contributed by atoms with van der Waals surface area (Å²) in [6.45, 7) is 1.52. The van der Waals surface area contributed by atoms with Gasteiger partial charge in [-0.1, -0.05) is 18.2 Å². The summed E-state index contributed by atoms with van der Waals surface area (Å²) < 4.78 is 7.81. The van der Waals surface area contributed by atoms with Gasteiger partial charge in [-0.3, -0.25) is 4.79 Å². The van der Waals surface area contributed by atoms with Crippen LogP contribution >= 0.6 is 11.3 Å². The SMILES string of the molecule is O=C(CCc1nnc(-c2ccsc2)o1)NCCCn1ccc2ccccc21. The first kappa shape index (κ1) is 17.5. The second-order valence-corrected chi connectivity index (χ2v) is 7.06. The topological polar surface area (TPSA) is 72.9 Å². The molecule has 0 unspecified atom stereocenters. The Bertz CT molecular complexity index is 1020. The lowest BCUT2D eigenvalue weighted by molar-refractivity contribution is -0.121. The summed E-state index contributed by atoms with van der Waals surface area (Å²) in [6.07, 6.45) is 3.77. The van der Waals surface area contributed by atoms with Crippen LogP contribution in [0.4, 0.5) is 0 Å². The third-order valence-electron chi connectivity index (χ3n) is 4.38. The van der Waals surface area contributed by atoms with Crippen LogP contribution in [0, 0.1) is 0 Å². The summed E-state index contributed by atoms with van der Waals surface area (Å²) >= 11 is 1.58. The molecule has 138 valence electrons. The van der Waals surface area contributed by atoms with Crippen LogP contribution in [-0.4, -0.2) is 27.2 Å². The molecular weight excluding hydrogens is 360 g/mol. The van der Waals surface area contributed by atoms with E-state index in [1.165, 1.54) is 10.9 Å². The van der Waals surface area contributed by atoms with Gasteiger partial charge in [-0.2, -0.15) is 11.3 Å². The van der Waals surface area contributed by atoms with Crippen LogP contribution in [0.25, 0.3) is 22.4 Å². The molecule has 0 aliphatic carbocycles. The first-order valence-corrected chi connectivity index (χ1v) is 9.89. The highest BCUT2D eigenvalue weighted by Crippen LogP contribution is 2.20. The van der Waals surface area contributed by atoms with Crippen molar-refractivity contribution < 1.29 is 9.21 Å². The second kappa shape index (κ2) is 8.18. The van der Waals surface area contributed by atoms with E-state index in [1.807, 2.05) is 29.0 Å². The van der Waals surface area contributed by atoms with Crippen LogP contribution in [-0.2, 0) is 17.8 Å². The maximum atomic E-state index is 12.0. The molecule has 3 aromatic heterocycles. The van der Waals surface area contributed by atoms with Gasteiger partial charge in [0.2, 0.25) is 17.7 Å². The highest BCUT2D eigenvalue weighted by atomic mass is 32.1. The van der Waals surface area contributed by atoms with E-state index < -0.39 is 0 Å². The lowest BCUT2D eigenvalue weighted by Crippen LogP contribution is -2.25. The lowest BCUT2D eigenvalue weighted by atomic mass is 10.2. The normalized spacial score (nSPS) is 11.1. The minimum atomic E-state index is 0.00245. The van der Waals surface area contributed by atoms with Crippen LogP contribution in [0.1, 0.15) is 18.7 Å². The Labute approximate surface area is 160 Å². The van der Waals surface area contributed by atoms with E-state index in [2.05, 4.69) is 44.5 Å². The molecule has 0 aliphatic heterocycles. The highest BCUT2D eigenvalue weighted by molar-refractivity contribution is 7.08. The molecule has 0 bridgehead atoms. The number of aryl methyl sites for hydroxylation is 2. The van der Waals surface area contributed by atoms with E-state index in [9.17, 15) is 4.79 Å². The van der Waals surface area contributed by atoms with Crippen molar-refractivity contribution in [2.24, 2.45) is 0 Å². The Morgan fingerprint density at radius 1 is 1.19 bits per heavy atom. The monoisotopic (exact) mass is 380 g/mol. The van der Waals surface area contributed by atoms with Gasteiger partial charge in [0.25, 0.3) is 0 Å². The number of amides is 1. The van der Waals surface area contributed by atoms with Crippen molar-refractivity contribution in [1.29, 1.82) is 0 Å². The van der Waals surface area contributed by atoms with Crippen molar-refractivity contribution >= 4 is 28.1 Å². The van der Waals surface area contributed by atoms with Gasteiger partial charge in [0.1, 0.15) is 0 Å². The number of hydrogen-bond acceptors (Lipinski definition) is 5. The molecule has 0 radical (unpaired) electrons. The fourth-order valence-electron chi connectivity index (χ4n) is 2.98. The minimum Gasteiger partial charge on any atom is -0.421 e. The fraction of sp³-hybridized carbons (Fsp3) is 0.250. The first-order chi connectivity index (χ1) is 13.3. The Kier molecular flexibility index (Phi) is 5.29. The molecule has 3 heterocycles. The summed E-state index contributed by atoms with van der Waals surface area (Å²) in [5.41, 5.74) is 2.14. The number of thiophene rings is 1. The molecule has 1 aromatic carbocycles. The summed E-state index contributed by atoms with van der Waals surface area (Å²) in [5, 5.41) is 16.1. The summed E-state index contributed by atoms with van der Waals surface area (Å²) in [6, 6.07) is 12.4. The van der Waals surface area contributed by atoms with Gasteiger partial charge in [0, 0.05) is 48.6 Å². The van der Waals surface area contributed by atoms with E-state index in [4.69, 9.17) is 4.42 Å². The zero-order chi connectivity index (χ0) is 18.5. The number of carbonyl (C=O) groups is 1. The molecule has 0 saturated carbocycles. The lowest BCUT2D eigenvalue weighted by Gasteiger charge is -2.07. The fourth-order valence-corrected chi connectivity index (χ4v) is 3.61. The number of nitrogens with zero attached hydrogens (tertiary/aromatic N) is 3. The second-order valence-electron chi connectivity index (χ2n) is 6.28. The largest absolute Gasteiger partial charge is 0.421 e. The van der Waals surface area contributed by atoms with Gasteiger partial charge in [-0.25, -0.2) is 0 Å². The number of carbonyl (C=O) groups excluding carboxylic acids is 1. The Morgan fingerprint density at radius 2 is 2.11 bits per heavy atom. The molecule has 0 aliphatic rings. The Balaban J connectivity index is 1.19. The number of rotatable bonds is 8. The molecule has 1 N–H and O–H groups in total. The molecule has 4 aromatic rings. The average molecular weight is 380 g/mol. The standard InChI is InChI=1S/C20H20N4O2S/c25-18(6-7-19-22-23-20(26-19)16-9-13-27-14-16)21-10-3-11-24-12-8-15-4-1-2-5-17(15)24/h1-2,4-5,8-9,12-14H,3,6-7,10-11H2,(H,21,25). The van der Waals surface area contributed by atoms with E-state index in [1.54, 1.807) is 11.3 Å². The van der Waals surface area contributed by atoms with Crippen molar-refractivity contribution in [2.45, 2.75) is 25.8 Å². The first-order valence-electron chi connectivity index (χ1n) is 8.95. The van der Waals surface area contributed by atoms with Crippen molar-refractivity contribution in [3.05, 3.63) is 59.2 Å². The summed E-state index contributed by atoms with van der Waals surface area (Å²) in [4.78, 5) is 12.0. The van der Waals surface area contributed by atoms with Crippen LogP contribution in [0.15, 0.2) is 57.8 Å². The molecule has 0 spiro atoms. The minimum absolute atomic E-state index is 0.00245. The number of benzene rings is 1. The third kappa shape index (κ3) is 4.25. The zero-order valence-corrected chi connectivity index (χ0v) is 15.6. The number of nitrogens with one attached hydrogen (secondary N) is 1. The maximum Gasteiger partial charge on any atom is 0.248 e. The van der Waals surface area contributed by atoms with Crippen molar-refractivity contribution in [2.75, 3.05) is 6.54 Å². The molecule has 0 saturated heterocycles. The van der Waals surface area contributed by atoms with E-state index in [0.29, 0.717) is 31.2 Å². The van der Waals surface area contributed by atoms with Gasteiger partial charge in [0.15, 0.2) is 0 Å². The van der Waals surface area contributed by atoms with Crippen LogP contribution < -0.4 is 5.32 Å². The number of fused-ring (bicyclic) bond motifs is 1. The molecule has 7 heteroatoms. The van der Waals surface area contributed by atoms with Gasteiger partial charge in [0.05, 0.1) is 0 Å². The predicted molar refractivity (Wildman–Crippen MR) is 105 cm³/mol. The number of aromatic nitrogens is 3. The number of hydrogen-bond donors (Lipinski definition) is 1. The van der Waals surface area contributed by atoms with Gasteiger partial charge in [-0.15, -0.1) is 10.2 Å². The smallest absolute Gasteiger partial charge is 0.248 e. The van der Waals surface area contributed by atoms with Gasteiger partial charge >= 0.3 is 0 Å². The van der Waals surface area contributed by atoms with Crippen LogP contribution in [0.2, 0.25) is 0 Å². The molecule has 0 fully saturated rings. The molecule has 6 nitrogen and oxygen atoms in total. The third-order valence-corrected chi connectivity index (χ3v) is 5.06. The summed E-state index contributed by atoms with van der Waals surface area (Å²) in [7, 11) is 0. The molecule has 0 atom stereocenters. The van der Waals surface area contributed by atoms with Crippen molar-refractivity contribution in [3.8, 4) is 11.5 Å². The van der Waals surface area contributed by atoms with Crippen LogP contribution in [0.5, 0.6) is 0 Å². The average Bonchev–Trinajstić information content (AvgIpc) is 3.44. The van der Waals surface area contributed by atoms with E-state index in [-0.39, 0.29) is 5.91 Å². The molecule has 27 heavy (non-hydrogen) atoms. The Hall–Kier alpha value is -2.93. The van der Waals surface area contributed by atoms with E-state index in [0.717, 1.165) is 18.5 Å². The molecule has 4 rings (SSSR count). The molecular formula is C20H20N4O2S. The quantitative estimate of drug-likeness (QED) is 0.471. The molecule has 1 amide bonds. The van der Waals surface area contributed by atoms with Gasteiger partial charge in [-0.05, 0) is 35.4 Å². The zero-order valence-electron chi connectivity index (χ0n) is 14.8. The predicted octanol–water partition coefficient (Wildman–Crippen LogP) is 3.89. The van der Waals surface area contributed by atoms with Crippen LogP contribution in [0.3, 0.4) is 0 Å².